The van der Waals surface area contributed by atoms with E-state index in [9.17, 15) is 9.18 Å². The molecule has 0 amide bonds. The van der Waals surface area contributed by atoms with Crippen LogP contribution >= 0.6 is 12.4 Å². The number of carbonyl (C=O) groups excluding carboxylic acids is 1. The van der Waals surface area contributed by atoms with Crippen molar-refractivity contribution in [2.24, 2.45) is 5.73 Å². The molecular formula is C7H15ClFNO2. The van der Waals surface area contributed by atoms with Crippen LogP contribution in [-0.2, 0) is 9.53 Å². The van der Waals surface area contributed by atoms with Gasteiger partial charge in [0.1, 0.15) is 11.7 Å². The number of methoxy groups -OCH3 is 1. The predicted octanol–water partition coefficient (Wildman–Crippen LogP) is 1.05. The molecule has 0 aromatic rings. The van der Waals surface area contributed by atoms with Crippen molar-refractivity contribution in [3.8, 4) is 0 Å². The van der Waals surface area contributed by atoms with Crippen molar-refractivity contribution in [3.05, 3.63) is 0 Å². The Hall–Kier alpha value is -0.350. The van der Waals surface area contributed by atoms with Crippen molar-refractivity contribution in [2.45, 2.75) is 31.8 Å². The van der Waals surface area contributed by atoms with Gasteiger partial charge in [-0.05, 0) is 13.7 Å². The smallest absolute Gasteiger partial charge is 0.322 e. The molecule has 12 heavy (non-hydrogen) atoms. The molecule has 74 valence electrons. The lowest BCUT2D eigenvalue weighted by Gasteiger charge is -2.17. The predicted molar refractivity (Wildman–Crippen MR) is 47.0 cm³/mol. The van der Waals surface area contributed by atoms with Crippen LogP contribution in [0.4, 0.5) is 4.39 Å². The van der Waals surface area contributed by atoms with Crippen LogP contribution in [-0.4, -0.2) is 24.8 Å². The van der Waals surface area contributed by atoms with Crippen molar-refractivity contribution in [1.29, 1.82) is 0 Å². The number of hydrogen-bond acceptors (Lipinski definition) is 3. The number of nitrogens with two attached hydrogens (primary N) is 1. The fourth-order valence-corrected chi connectivity index (χ4v) is 0.538. The van der Waals surface area contributed by atoms with Gasteiger partial charge in [-0.25, -0.2) is 4.39 Å². The third-order valence-electron chi connectivity index (χ3n) is 1.01. The Morgan fingerprint density at radius 2 is 2.33 bits per heavy atom. The molecule has 5 heteroatoms. The van der Waals surface area contributed by atoms with Gasteiger partial charge in [-0.1, -0.05) is 0 Å². The maximum atomic E-state index is 14.1. The van der Waals surface area contributed by atoms with Crippen LogP contribution in [0.3, 0.4) is 0 Å². The Labute approximate surface area is 86.3 Å². The molecule has 0 aromatic carbocycles. The first-order chi connectivity index (χ1) is 7.37. The van der Waals surface area contributed by atoms with E-state index in [2.05, 4.69) is 4.74 Å². The van der Waals surface area contributed by atoms with Crippen LogP contribution in [0.1, 0.15) is 28.3 Å². The van der Waals surface area contributed by atoms with Crippen LogP contribution in [0.5, 0.6) is 0 Å². The van der Waals surface area contributed by atoms with E-state index in [-0.39, 0.29) is 12.4 Å². The van der Waals surface area contributed by atoms with E-state index in [1.54, 1.807) is 0 Å². The minimum Gasteiger partial charge on any atom is -0.468 e. The number of hydrogen-bond donors (Lipinski definition) is 1. The molecule has 2 N–H and O–H groups in total. The number of alkyl halides is 1. The van der Waals surface area contributed by atoms with Gasteiger partial charge < -0.3 is 10.5 Å². The third-order valence-corrected chi connectivity index (χ3v) is 1.01. The maximum Gasteiger partial charge on any atom is 0.322 e. The summed E-state index contributed by atoms with van der Waals surface area (Å²) in [5.41, 5.74) is 1.64. The summed E-state index contributed by atoms with van der Waals surface area (Å²) >= 11 is 0. The first-order valence-electron chi connectivity index (χ1n) is 5.89. The third kappa shape index (κ3) is 6.37. The molecule has 0 radical (unpaired) electrons. The van der Waals surface area contributed by atoms with Crippen molar-refractivity contribution in [3.63, 3.8) is 0 Å². The zero-order valence-corrected chi connectivity index (χ0v) is 7.28. The zero-order valence-electron chi connectivity index (χ0n) is 12.5. The first kappa shape index (κ1) is 5.40. The Kier molecular flexibility index (Phi) is 2.39. The monoisotopic (exact) mass is 205 g/mol. The summed E-state index contributed by atoms with van der Waals surface area (Å²) in [5.74, 6) is -1.07. The van der Waals surface area contributed by atoms with E-state index in [0.717, 1.165) is 7.11 Å². The Morgan fingerprint density at radius 1 is 1.83 bits per heavy atom. The highest BCUT2D eigenvalue weighted by molar-refractivity contribution is 5.85. The summed E-state index contributed by atoms with van der Waals surface area (Å²) in [6.45, 7) is -6.83. The molecule has 0 unspecified atom stereocenters. The normalized spacial score (nSPS) is 22.6. The molecule has 0 saturated carbocycles. The summed E-state index contributed by atoms with van der Waals surface area (Å²) in [5, 5.41) is 0. The van der Waals surface area contributed by atoms with E-state index in [1.807, 2.05) is 0 Å². The van der Waals surface area contributed by atoms with E-state index in [1.165, 1.54) is 0 Å². The van der Waals surface area contributed by atoms with Crippen LogP contribution in [0.2, 0.25) is 0 Å². The standard InChI is InChI=1S/C7H14FNO2.ClH/c1-7(2,8)4-5(9)6(10)11-3;/h5H,4,9H2,1-3H3;1H/t5-;/m0./s1/i1D3,2D3;. The number of halogens is 2. The average Bonchev–Trinajstić information content (AvgIpc) is 2.12. The summed E-state index contributed by atoms with van der Waals surface area (Å²) in [6.07, 6.45) is -1.16. The summed E-state index contributed by atoms with van der Waals surface area (Å²) < 4.78 is 59.9. The van der Waals surface area contributed by atoms with Crippen molar-refractivity contribution >= 4 is 18.4 Å². The first-order valence-corrected chi connectivity index (χ1v) is 2.89. The number of ether oxygens (including phenoxy) is 1. The van der Waals surface area contributed by atoms with Crippen molar-refractivity contribution in [1.82, 2.24) is 0 Å². The lowest BCUT2D eigenvalue weighted by Crippen LogP contribution is -2.36. The van der Waals surface area contributed by atoms with Gasteiger partial charge in [-0.2, -0.15) is 0 Å². The average molecular weight is 206 g/mol. The molecule has 3 nitrogen and oxygen atoms in total. The van der Waals surface area contributed by atoms with Crippen molar-refractivity contribution < 1.29 is 22.1 Å². The van der Waals surface area contributed by atoms with E-state index in [0.29, 0.717) is 0 Å². The fraction of sp³-hybridized carbons (Fsp3) is 0.857. The number of carbonyl (C=O) groups is 1. The lowest BCUT2D eigenvalue weighted by molar-refractivity contribution is -0.143. The summed E-state index contributed by atoms with van der Waals surface area (Å²) in [6, 6.07) is -1.65. The van der Waals surface area contributed by atoms with Gasteiger partial charge in [-0.3, -0.25) is 4.79 Å². The largest absolute Gasteiger partial charge is 0.468 e. The molecule has 0 rings (SSSR count). The Balaban J connectivity index is 0. The molecule has 0 aliphatic rings. The van der Waals surface area contributed by atoms with Crippen LogP contribution < -0.4 is 5.73 Å². The molecule has 0 spiro atoms. The van der Waals surface area contributed by atoms with Gasteiger partial charge in [0.15, 0.2) is 0 Å². The number of esters is 1. The van der Waals surface area contributed by atoms with E-state index >= 15 is 0 Å². The van der Waals surface area contributed by atoms with Gasteiger partial charge in [0.25, 0.3) is 0 Å². The van der Waals surface area contributed by atoms with Crippen LogP contribution in [0.15, 0.2) is 0 Å². The van der Waals surface area contributed by atoms with Crippen molar-refractivity contribution in [2.75, 3.05) is 7.11 Å². The molecule has 1 atom stereocenters. The van der Waals surface area contributed by atoms with Gasteiger partial charge in [0.2, 0.25) is 0 Å². The van der Waals surface area contributed by atoms with Gasteiger partial charge >= 0.3 is 5.97 Å². The molecule has 0 bridgehead atoms. The Morgan fingerprint density at radius 3 is 2.67 bits per heavy atom. The highest BCUT2D eigenvalue weighted by atomic mass is 35.5. The molecule has 0 saturated heterocycles. The SMILES string of the molecule is Cl.[2H]C([2H])([2H])C(F)(C[C@H](N)C(=O)OC)C([2H])([2H])[2H]. The second-order valence-corrected chi connectivity index (χ2v) is 2.13. The number of rotatable bonds is 3. The minimum absolute atomic E-state index is 0. The van der Waals surface area contributed by atoms with Gasteiger partial charge in [0.05, 0.1) is 7.11 Å². The molecule has 0 aliphatic carbocycles. The van der Waals surface area contributed by atoms with Crippen LogP contribution in [0.25, 0.3) is 0 Å². The minimum atomic E-state index is -3.55. The molecule has 0 aromatic heterocycles. The molecule has 0 aliphatic heterocycles. The van der Waals surface area contributed by atoms with Crippen LogP contribution in [0, 0.1) is 0 Å². The highest BCUT2D eigenvalue weighted by Gasteiger charge is 2.24. The second kappa shape index (κ2) is 5.32. The second-order valence-electron chi connectivity index (χ2n) is 2.13. The summed E-state index contributed by atoms with van der Waals surface area (Å²) in [7, 11) is 0.979. The quantitative estimate of drug-likeness (QED) is 0.701. The topological polar surface area (TPSA) is 52.3 Å². The summed E-state index contributed by atoms with van der Waals surface area (Å²) in [4.78, 5) is 11.0. The zero-order chi connectivity index (χ0) is 14.1. The fourth-order valence-electron chi connectivity index (χ4n) is 0.538. The highest BCUT2D eigenvalue weighted by Crippen LogP contribution is 2.15. The van der Waals surface area contributed by atoms with E-state index < -0.39 is 37.8 Å². The van der Waals surface area contributed by atoms with E-state index in [4.69, 9.17) is 14.0 Å². The molecule has 0 fully saturated rings. The van der Waals surface area contributed by atoms with Gasteiger partial charge in [0, 0.05) is 14.6 Å². The maximum absolute atomic E-state index is 14.1. The van der Waals surface area contributed by atoms with Gasteiger partial charge in [-0.15, -0.1) is 12.4 Å². The Bertz CT molecular complexity index is 281. The molecular weight excluding hydrogens is 185 g/mol. The lowest BCUT2D eigenvalue weighted by atomic mass is 10.0. The molecule has 0 heterocycles.